The molecule has 2 fully saturated rings. The Morgan fingerprint density at radius 1 is 1.18 bits per heavy atom. The Labute approximate surface area is 225 Å². The number of rotatable bonds is 6. The van der Waals surface area contributed by atoms with Crippen LogP contribution in [0.4, 0.5) is 5.69 Å². The van der Waals surface area contributed by atoms with Gasteiger partial charge in [-0.15, -0.1) is 0 Å². The molecule has 1 spiro atoms. The molecule has 0 aromatic heterocycles. The summed E-state index contributed by atoms with van der Waals surface area (Å²) in [4.78, 5) is 29.3. The van der Waals surface area contributed by atoms with Crippen LogP contribution in [-0.4, -0.2) is 55.5 Å². The van der Waals surface area contributed by atoms with Crippen molar-refractivity contribution < 1.29 is 19.1 Å². The number of nitrogens with zero attached hydrogens (tertiary/aromatic N) is 1. The molecule has 0 saturated carbocycles. The number of Topliss-reactive ketones (excluding diaryl/α,β-unsaturated/α-hetero) is 1. The van der Waals surface area contributed by atoms with E-state index in [2.05, 4.69) is 41.1 Å². The Hall–Kier alpha value is -3.56. The second kappa shape index (κ2) is 11.0. The molecule has 38 heavy (non-hydrogen) atoms. The van der Waals surface area contributed by atoms with E-state index in [0.717, 1.165) is 50.0 Å². The lowest BCUT2D eigenvalue weighted by Crippen LogP contribution is -2.57. The first-order valence-electron chi connectivity index (χ1n) is 13.6. The van der Waals surface area contributed by atoms with Gasteiger partial charge in [-0.2, -0.15) is 0 Å². The molecule has 2 saturated heterocycles. The minimum absolute atomic E-state index is 0.0287. The molecular weight excluding hydrogens is 476 g/mol. The number of ketones is 1. The van der Waals surface area contributed by atoms with Crippen molar-refractivity contribution in [3.05, 3.63) is 77.1 Å². The molecule has 0 amide bonds. The first kappa shape index (κ1) is 26.1. The average molecular weight is 513 g/mol. The number of hydrogen-bond donors (Lipinski definition) is 1. The van der Waals surface area contributed by atoms with E-state index in [0.29, 0.717) is 17.6 Å². The maximum Gasteiger partial charge on any atom is 0.337 e. The van der Waals surface area contributed by atoms with E-state index in [9.17, 15) is 9.59 Å². The maximum absolute atomic E-state index is 14.2. The third-order valence-electron chi connectivity index (χ3n) is 8.57. The fourth-order valence-electron chi connectivity index (χ4n) is 6.66. The first-order chi connectivity index (χ1) is 18.5. The Bertz CT molecular complexity index is 1290. The molecule has 4 atom stereocenters. The number of aryl methyl sites for hydroxylation is 1. The fraction of sp³-hybridized carbons (Fsp3) is 0.438. The second-order valence-electron chi connectivity index (χ2n) is 10.5. The molecule has 3 heterocycles. The lowest BCUT2D eigenvalue weighted by atomic mass is 9.72. The van der Waals surface area contributed by atoms with Crippen molar-refractivity contribution in [1.29, 1.82) is 0 Å². The van der Waals surface area contributed by atoms with Crippen molar-refractivity contribution in [3.63, 3.8) is 0 Å². The van der Waals surface area contributed by atoms with Crippen molar-refractivity contribution in [2.45, 2.75) is 50.6 Å². The van der Waals surface area contributed by atoms with Crippen LogP contribution in [-0.2, 0) is 20.7 Å². The predicted molar refractivity (Wildman–Crippen MR) is 148 cm³/mol. The highest BCUT2D eigenvalue weighted by molar-refractivity contribution is 6.15. The van der Waals surface area contributed by atoms with E-state index in [1.807, 2.05) is 36.4 Å². The van der Waals surface area contributed by atoms with Gasteiger partial charge in [0.05, 0.1) is 31.6 Å². The number of piperidine rings is 1. The average Bonchev–Trinajstić information content (AvgIpc) is 3.46. The molecule has 0 aliphatic carbocycles. The minimum atomic E-state index is -0.713. The SMILES string of the molecule is CC[C@@H]1CN2CC[C@]3(Nc4cccc(C#CCCc5ccccc5)c4C3=O)C2C[C@@H]1/C(=C\OC)C(=O)OC. The van der Waals surface area contributed by atoms with Gasteiger partial charge in [0.1, 0.15) is 5.54 Å². The zero-order valence-corrected chi connectivity index (χ0v) is 22.5. The second-order valence-corrected chi connectivity index (χ2v) is 10.5. The van der Waals surface area contributed by atoms with E-state index >= 15 is 0 Å². The summed E-state index contributed by atoms with van der Waals surface area (Å²) in [5, 5.41) is 3.66. The standard InChI is InChI=1S/C32H36N2O4/c1-4-23-20-34-18-17-32(28(34)19-25(23)26(21-37-2)31(36)38-3)30(35)29-24(15-10-16-27(29)33-32)14-9-8-13-22-11-6-5-7-12-22/h5-7,10-12,15-16,21,23,25,28,33H,4,8,13,17-20H2,1-3H3/b26-21+/t23-,25+,28?,32+/m1/s1. The van der Waals surface area contributed by atoms with E-state index in [1.54, 1.807) is 7.11 Å². The molecule has 2 aromatic carbocycles. The number of nitrogens with one attached hydrogen (secondary N) is 1. The van der Waals surface area contributed by atoms with Crippen LogP contribution in [0.15, 0.2) is 60.4 Å². The van der Waals surface area contributed by atoms with E-state index < -0.39 is 5.54 Å². The highest BCUT2D eigenvalue weighted by Gasteiger charge is 2.59. The number of ether oxygens (including phenoxy) is 2. The maximum atomic E-state index is 14.2. The van der Waals surface area contributed by atoms with Gasteiger partial charge in [-0.1, -0.05) is 61.6 Å². The van der Waals surface area contributed by atoms with Crippen LogP contribution in [0.1, 0.15) is 54.1 Å². The summed E-state index contributed by atoms with van der Waals surface area (Å²) in [6.07, 6.45) is 5.50. The van der Waals surface area contributed by atoms with Crippen molar-refractivity contribution in [1.82, 2.24) is 4.90 Å². The summed E-state index contributed by atoms with van der Waals surface area (Å²) in [5.41, 5.74) is 3.45. The van der Waals surface area contributed by atoms with Gasteiger partial charge >= 0.3 is 5.97 Å². The number of benzene rings is 2. The lowest BCUT2D eigenvalue weighted by Gasteiger charge is -2.45. The Balaban J connectivity index is 1.41. The normalized spacial score (nSPS) is 26.2. The van der Waals surface area contributed by atoms with Gasteiger partial charge in [0.25, 0.3) is 0 Å². The van der Waals surface area contributed by atoms with Crippen LogP contribution >= 0.6 is 0 Å². The van der Waals surface area contributed by atoms with Crippen LogP contribution in [0, 0.1) is 23.7 Å². The van der Waals surface area contributed by atoms with Gasteiger partial charge in [-0.05, 0) is 48.8 Å². The van der Waals surface area contributed by atoms with Crippen LogP contribution in [0.25, 0.3) is 0 Å². The molecule has 1 N–H and O–H groups in total. The number of methoxy groups -OCH3 is 2. The fourth-order valence-corrected chi connectivity index (χ4v) is 6.66. The zero-order valence-electron chi connectivity index (χ0n) is 22.5. The molecule has 5 rings (SSSR count). The summed E-state index contributed by atoms with van der Waals surface area (Å²) in [6.45, 7) is 3.84. The number of fused-ring (bicyclic) bond motifs is 3. The van der Waals surface area contributed by atoms with E-state index in [-0.39, 0.29) is 29.6 Å². The first-order valence-corrected chi connectivity index (χ1v) is 13.6. The number of carbonyl (C=O) groups excluding carboxylic acids is 2. The van der Waals surface area contributed by atoms with Crippen LogP contribution in [0.5, 0.6) is 0 Å². The Morgan fingerprint density at radius 2 is 2.00 bits per heavy atom. The van der Waals surface area contributed by atoms with E-state index in [4.69, 9.17) is 9.47 Å². The smallest absolute Gasteiger partial charge is 0.337 e. The molecular formula is C32H36N2O4. The van der Waals surface area contributed by atoms with Crippen LogP contribution in [0.2, 0.25) is 0 Å². The molecule has 3 aliphatic heterocycles. The van der Waals surface area contributed by atoms with Gasteiger partial charge in [-0.3, -0.25) is 9.69 Å². The Kier molecular flexibility index (Phi) is 7.58. The summed E-state index contributed by atoms with van der Waals surface area (Å²) < 4.78 is 10.4. The summed E-state index contributed by atoms with van der Waals surface area (Å²) in [5.74, 6) is 6.59. The van der Waals surface area contributed by atoms with Gasteiger partial charge in [0.15, 0.2) is 5.78 Å². The van der Waals surface area contributed by atoms with Gasteiger partial charge in [0.2, 0.25) is 0 Å². The molecule has 1 unspecified atom stereocenters. The summed E-state index contributed by atoms with van der Waals surface area (Å²) in [7, 11) is 2.96. The van der Waals surface area contributed by atoms with Gasteiger partial charge < -0.3 is 14.8 Å². The van der Waals surface area contributed by atoms with Crippen molar-refractivity contribution in [2.75, 3.05) is 32.6 Å². The number of carbonyl (C=O) groups is 2. The molecule has 6 heteroatoms. The highest BCUT2D eigenvalue weighted by atomic mass is 16.5. The van der Waals surface area contributed by atoms with E-state index in [1.165, 1.54) is 18.9 Å². The van der Waals surface area contributed by atoms with Crippen molar-refractivity contribution >= 4 is 17.4 Å². The quantitative estimate of drug-likeness (QED) is 0.259. The third kappa shape index (κ3) is 4.61. The van der Waals surface area contributed by atoms with Crippen molar-refractivity contribution in [3.8, 4) is 11.8 Å². The topological polar surface area (TPSA) is 67.9 Å². The molecule has 0 bridgehead atoms. The summed E-state index contributed by atoms with van der Waals surface area (Å²) in [6, 6.07) is 16.2. The minimum Gasteiger partial charge on any atom is -0.504 e. The lowest BCUT2D eigenvalue weighted by molar-refractivity contribution is -0.137. The van der Waals surface area contributed by atoms with Crippen LogP contribution in [0.3, 0.4) is 0 Å². The van der Waals surface area contributed by atoms with Gasteiger partial charge in [-0.25, -0.2) is 4.79 Å². The zero-order chi connectivity index (χ0) is 26.7. The largest absolute Gasteiger partial charge is 0.504 e. The number of anilines is 1. The monoisotopic (exact) mass is 512 g/mol. The molecule has 3 aliphatic rings. The van der Waals surface area contributed by atoms with Gasteiger partial charge in [0, 0.05) is 36.8 Å². The number of hydrogen-bond acceptors (Lipinski definition) is 6. The Morgan fingerprint density at radius 3 is 2.74 bits per heavy atom. The third-order valence-corrected chi connectivity index (χ3v) is 8.57. The van der Waals surface area contributed by atoms with Crippen LogP contribution < -0.4 is 5.32 Å². The molecule has 2 aromatic rings. The molecule has 6 nitrogen and oxygen atoms in total. The molecule has 0 radical (unpaired) electrons. The number of esters is 1. The molecule has 198 valence electrons. The summed E-state index contributed by atoms with van der Waals surface area (Å²) >= 11 is 0. The van der Waals surface area contributed by atoms with Crippen molar-refractivity contribution in [2.24, 2.45) is 11.8 Å². The predicted octanol–water partition coefficient (Wildman–Crippen LogP) is 4.84. The highest BCUT2D eigenvalue weighted by Crippen LogP contribution is 2.49.